The van der Waals surface area contributed by atoms with Crippen molar-refractivity contribution in [3.63, 3.8) is 0 Å². The van der Waals surface area contributed by atoms with Crippen molar-refractivity contribution >= 4 is 5.91 Å². The summed E-state index contributed by atoms with van der Waals surface area (Å²) in [6.07, 6.45) is -10.0. The molecule has 0 aliphatic heterocycles. The Labute approximate surface area is 137 Å². The molecule has 0 atom stereocenters. The molecule has 136 valence electrons. The summed E-state index contributed by atoms with van der Waals surface area (Å²) in [5.41, 5.74) is -2.89. The van der Waals surface area contributed by atoms with E-state index >= 15 is 0 Å². The first kappa shape index (κ1) is 18.8. The third-order valence-electron chi connectivity index (χ3n) is 3.46. The van der Waals surface area contributed by atoms with Crippen LogP contribution in [-0.4, -0.2) is 11.1 Å². The van der Waals surface area contributed by atoms with Gasteiger partial charge < -0.3 is 9.84 Å². The maximum atomic E-state index is 12.8. The molecule has 10 heteroatoms. The highest BCUT2D eigenvalue weighted by atomic mass is 19.4. The second-order valence-corrected chi connectivity index (χ2v) is 5.28. The molecular weight excluding hydrogens is 354 g/mol. The molecule has 2 aromatic rings. The van der Waals surface area contributed by atoms with Gasteiger partial charge in [-0.2, -0.15) is 26.3 Å². The largest absolute Gasteiger partial charge is 0.416 e. The number of benzene rings is 1. The Bertz CT molecular complexity index is 741. The molecule has 1 amide bonds. The van der Waals surface area contributed by atoms with Gasteiger partial charge in [0.1, 0.15) is 5.76 Å². The number of nitrogens with zero attached hydrogens (tertiary/aromatic N) is 1. The van der Waals surface area contributed by atoms with E-state index in [-0.39, 0.29) is 12.6 Å². The van der Waals surface area contributed by atoms with E-state index in [1.165, 1.54) is 0 Å². The standard InChI is InChI=1S/C15H12F6N2O2/c1-7-12(8(2)25-23-7)6-22-13(24)9-3-10(14(16,17)18)5-11(4-9)15(19,20)21/h3-5H,6H2,1-2H3,(H,22,24). The van der Waals surface area contributed by atoms with Crippen molar-refractivity contribution < 1.29 is 35.7 Å². The number of carbonyl (C=O) groups excluding carboxylic acids is 1. The fraction of sp³-hybridized carbons (Fsp3) is 0.333. The lowest BCUT2D eigenvalue weighted by atomic mass is 10.0. The van der Waals surface area contributed by atoms with Gasteiger partial charge in [0.2, 0.25) is 0 Å². The van der Waals surface area contributed by atoms with Crippen LogP contribution in [0.3, 0.4) is 0 Å². The smallest absolute Gasteiger partial charge is 0.361 e. The third-order valence-corrected chi connectivity index (χ3v) is 3.46. The molecule has 0 unspecified atom stereocenters. The van der Waals surface area contributed by atoms with Gasteiger partial charge in [-0.1, -0.05) is 5.16 Å². The number of alkyl halides is 6. The van der Waals surface area contributed by atoms with Crippen molar-refractivity contribution in [2.24, 2.45) is 0 Å². The number of rotatable bonds is 3. The molecule has 0 aliphatic carbocycles. The zero-order chi connectivity index (χ0) is 19.0. The zero-order valence-corrected chi connectivity index (χ0v) is 13.0. The van der Waals surface area contributed by atoms with E-state index in [9.17, 15) is 31.1 Å². The lowest BCUT2D eigenvalue weighted by Gasteiger charge is -2.14. The number of hydrogen-bond donors (Lipinski definition) is 1. The predicted molar refractivity (Wildman–Crippen MR) is 73.6 cm³/mol. The summed E-state index contributed by atoms with van der Waals surface area (Å²) in [6, 6.07) is 0.709. The number of aromatic nitrogens is 1. The number of hydrogen-bond acceptors (Lipinski definition) is 3. The van der Waals surface area contributed by atoms with Crippen LogP contribution < -0.4 is 5.32 Å². The Morgan fingerprint density at radius 1 is 1.04 bits per heavy atom. The van der Waals surface area contributed by atoms with E-state index in [1.807, 2.05) is 0 Å². The molecule has 1 N–H and O–H groups in total. The van der Waals surface area contributed by atoms with Gasteiger partial charge in [-0.05, 0) is 32.0 Å². The molecule has 0 saturated carbocycles. The summed E-state index contributed by atoms with van der Waals surface area (Å²) in [7, 11) is 0. The molecule has 2 rings (SSSR count). The Balaban J connectivity index is 2.32. The van der Waals surface area contributed by atoms with Crippen molar-refractivity contribution in [2.45, 2.75) is 32.7 Å². The topological polar surface area (TPSA) is 55.1 Å². The number of amides is 1. The molecule has 0 fully saturated rings. The molecule has 0 bridgehead atoms. The van der Waals surface area contributed by atoms with Crippen molar-refractivity contribution in [3.05, 3.63) is 51.9 Å². The SMILES string of the molecule is Cc1noc(C)c1CNC(=O)c1cc(C(F)(F)F)cc(C(F)(F)F)c1. The van der Waals surface area contributed by atoms with E-state index in [1.54, 1.807) is 13.8 Å². The summed E-state index contributed by atoms with van der Waals surface area (Å²) in [5, 5.41) is 5.90. The summed E-state index contributed by atoms with van der Waals surface area (Å²) < 4.78 is 81.6. The van der Waals surface area contributed by atoms with Gasteiger partial charge in [-0.25, -0.2) is 0 Å². The van der Waals surface area contributed by atoms with Gasteiger partial charge in [0.05, 0.1) is 16.8 Å². The second kappa shape index (κ2) is 6.41. The Hall–Kier alpha value is -2.52. The lowest BCUT2D eigenvalue weighted by molar-refractivity contribution is -0.143. The average Bonchev–Trinajstić information content (AvgIpc) is 2.81. The molecule has 0 spiro atoms. The molecule has 4 nitrogen and oxygen atoms in total. The van der Waals surface area contributed by atoms with Crippen LogP contribution in [0.4, 0.5) is 26.3 Å². The summed E-state index contributed by atoms with van der Waals surface area (Å²) in [6.45, 7) is 3.01. The Morgan fingerprint density at radius 3 is 1.96 bits per heavy atom. The first-order chi connectivity index (χ1) is 11.4. The van der Waals surface area contributed by atoms with Crippen molar-refractivity contribution in [1.29, 1.82) is 0 Å². The van der Waals surface area contributed by atoms with Crippen LogP contribution in [0.1, 0.15) is 38.5 Å². The predicted octanol–water partition coefficient (Wildman–Crippen LogP) is 4.26. The van der Waals surface area contributed by atoms with Crippen molar-refractivity contribution in [1.82, 2.24) is 10.5 Å². The van der Waals surface area contributed by atoms with Gasteiger partial charge in [0.15, 0.2) is 0 Å². The number of aryl methyl sites for hydroxylation is 2. The number of carbonyl (C=O) groups is 1. The lowest BCUT2D eigenvalue weighted by Crippen LogP contribution is -2.24. The number of nitrogens with one attached hydrogen (secondary N) is 1. The quantitative estimate of drug-likeness (QED) is 0.826. The van der Waals surface area contributed by atoms with Crippen LogP contribution in [0.25, 0.3) is 0 Å². The fourth-order valence-electron chi connectivity index (χ4n) is 2.11. The minimum absolute atomic E-state index is 0.0366. The van der Waals surface area contributed by atoms with Crippen molar-refractivity contribution in [3.8, 4) is 0 Å². The first-order valence-electron chi connectivity index (χ1n) is 6.89. The first-order valence-corrected chi connectivity index (χ1v) is 6.89. The third kappa shape index (κ3) is 4.31. The van der Waals surface area contributed by atoms with Gasteiger partial charge in [-0.15, -0.1) is 0 Å². The minimum Gasteiger partial charge on any atom is -0.361 e. The molecule has 1 aromatic heterocycles. The van der Waals surface area contributed by atoms with Gasteiger partial charge in [-0.3, -0.25) is 4.79 Å². The highest BCUT2D eigenvalue weighted by Gasteiger charge is 2.37. The van der Waals surface area contributed by atoms with Gasteiger partial charge in [0.25, 0.3) is 5.91 Å². The second-order valence-electron chi connectivity index (χ2n) is 5.28. The van der Waals surface area contributed by atoms with E-state index in [0.717, 1.165) is 0 Å². The monoisotopic (exact) mass is 366 g/mol. The van der Waals surface area contributed by atoms with E-state index in [2.05, 4.69) is 10.5 Å². The van der Waals surface area contributed by atoms with Crippen LogP contribution in [-0.2, 0) is 18.9 Å². The highest BCUT2D eigenvalue weighted by Crippen LogP contribution is 2.36. The molecule has 0 radical (unpaired) electrons. The fourth-order valence-corrected chi connectivity index (χ4v) is 2.11. The maximum Gasteiger partial charge on any atom is 0.416 e. The normalized spacial score (nSPS) is 12.3. The Morgan fingerprint density at radius 2 is 1.56 bits per heavy atom. The minimum atomic E-state index is -5.02. The van der Waals surface area contributed by atoms with Crippen LogP contribution in [0.5, 0.6) is 0 Å². The van der Waals surface area contributed by atoms with E-state index in [4.69, 9.17) is 4.52 Å². The molecule has 1 heterocycles. The van der Waals surface area contributed by atoms with Gasteiger partial charge >= 0.3 is 12.4 Å². The van der Waals surface area contributed by atoms with Crippen LogP contribution in [0.15, 0.2) is 22.7 Å². The van der Waals surface area contributed by atoms with E-state index in [0.29, 0.717) is 29.2 Å². The number of halogens is 6. The molecule has 0 saturated heterocycles. The molecule has 0 aliphatic rings. The summed E-state index contributed by atoms with van der Waals surface area (Å²) in [4.78, 5) is 12.0. The summed E-state index contributed by atoms with van der Waals surface area (Å²) in [5.74, 6) is -0.686. The average molecular weight is 366 g/mol. The molecule has 1 aromatic carbocycles. The van der Waals surface area contributed by atoms with Crippen LogP contribution >= 0.6 is 0 Å². The highest BCUT2D eigenvalue weighted by molar-refractivity contribution is 5.94. The molecular formula is C15H12F6N2O2. The summed E-state index contributed by atoms with van der Waals surface area (Å²) >= 11 is 0. The maximum absolute atomic E-state index is 12.8. The van der Waals surface area contributed by atoms with Gasteiger partial charge in [0, 0.05) is 17.7 Å². The van der Waals surface area contributed by atoms with E-state index < -0.39 is 35.0 Å². The van der Waals surface area contributed by atoms with Crippen LogP contribution in [0.2, 0.25) is 0 Å². The van der Waals surface area contributed by atoms with Crippen LogP contribution in [0, 0.1) is 13.8 Å². The molecule has 25 heavy (non-hydrogen) atoms. The van der Waals surface area contributed by atoms with Crippen molar-refractivity contribution in [2.75, 3.05) is 0 Å². The zero-order valence-electron chi connectivity index (χ0n) is 13.0. The Kier molecular flexibility index (Phi) is 4.83.